The lowest BCUT2D eigenvalue weighted by atomic mass is 9.99. The number of nitrogens with one attached hydrogen (secondary N) is 1. The number of carbonyl (C=O) groups excluding carboxylic acids is 1. The molecule has 1 fully saturated rings. The maximum Gasteiger partial charge on any atom is 0.220 e. The molecule has 0 aromatic rings. The van der Waals surface area contributed by atoms with Crippen LogP contribution in [0.5, 0.6) is 0 Å². The Bertz CT molecular complexity index is 1020. The van der Waals surface area contributed by atoms with Crippen LogP contribution in [0.3, 0.4) is 0 Å². The number of aliphatic hydroxyl groups excluding tert-OH is 5. The molecule has 1 saturated heterocycles. The first-order chi connectivity index (χ1) is 30.3. The second-order valence-electron chi connectivity index (χ2n) is 18.7. The van der Waals surface area contributed by atoms with Gasteiger partial charge in [0.1, 0.15) is 24.4 Å². The van der Waals surface area contributed by atoms with Gasteiger partial charge in [-0.1, -0.05) is 237 Å². The molecule has 0 aromatic heterocycles. The van der Waals surface area contributed by atoms with Crippen molar-refractivity contribution in [2.75, 3.05) is 13.2 Å². The van der Waals surface area contributed by atoms with Crippen molar-refractivity contribution in [3.8, 4) is 0 Å². The maximum absolute atomic E-state index is 13.0. The van der Waals surface area contributed by atoms with E-state index in [1.807, 2.05) is 6.08 Å². The SMILES string of the molecule is CCCCCCCCCCCCCCCCCCC/C=C/CC/C=C/C(O)C(COC1OC(CO)C(O)C(O)C1O)NC(=O)CCCCCCCCCCCCCCCCCC. The van der Waals surface area contributed by atoms with Crippen LogP contribution >= 0.6 is 0 Å². The van der Waals surface area contributed by atoms with Crippen LogP contribution in [0.15, 0.2) is 24.3 Å². The molecule has 62 heavy (non-hydrogen) atoms. The van der Waals surface area contributed by atoms with Gasteiger partial charge in [0, 0.05) is 6.42 Å². The van der Waals surface area contributed by atoms with Crippen molar-refractivity contribution >= 4 is 5.91 Å². The Morgan fingerprint density at radius 3 is 1.35 bits per heavy atom. The molecule has 9 nitrogen and oxygen atoms in total. The molecule has 0 aromatic carbocycles. The van der Waals surface area contributed by atoms with E-state index < -0.39 is 49.5 Å². The van der Waals surface area contributed by atoms with Crippen molar-refractivity contribution in [1.82, 2.24) is 5.32 Å². The lowest BCUT2D eigenvalue weighted by Gasteiger charge is -2.40. The molecule has 6 N–H and O–H groups in total. The number of carbonyl (C=O) groups is 1. The zero-order chi connectivity index (χ0) is 45.1. The van der Waals surface area contributed by atoms with Crippen LogP contribution in [-0.2, 0) is 14.3 Å². The van der Waals surface area contributed by atoms with Gasteiger partial charge in [-0.15, -0.1) is 0 Å². The molecule has 9 heteroatoms. The monoisotopic (exact) mass is 880 g/mol. The van der Waals surface area contributed by atoms with Gasteiger partial charge in [0.05, 0.1) is 25.4 Å². The first-order valence-electron chi connectivity index (χ1n) is 26.6. The van der Waals surface area contributed by atoms with Crippen molar-refractivity contribution in [2.24, 2.45) is 0 Å². The number of amides is 1. The largest absolute Gasteiger partial charge is 0.394 e. The Balaban J connectivity index is 2.29. The second-order valence-corrected chi connectivity index (χ2v) is 18.7. The first kappa shape index (κ1) is 58.7. The van der Waals surface area contributed by atoms with E-state index in [9.17, 15) is 30.3 Å². The summed E-state index contributed by atoms with van der Waals surface area (Å²) in [6.45, 7) is 3.79. The standard InChI is InChI=1S/C53H101NO8/c1-3-5-7-9-11-13-15-17-19-21-22-23-24-25-26-27-28-30-32-34-36-38-40-42-47(56)46(45-61-53-52(60)51(59)50(58)48(44-55)62-53)54-49(57)43-41-39-37-35-33-31-29-20-18-16-14-12-10-8-6-4-2/h32,34,40,42,46-48,50-53,55-56,58-60H,3-31,33,35-39,41,43-45H2,1-2H3,(H,54,57)/b34-32+,42-40+. The fourth-order valence-electron chi connectivity index (χ4n) is 8.53. The van der Waals surface area contributed by atoms with Crippen molar-refractivity contribution in [1.29, 1.82) is 0 Å². The second kappa shape index (κ2) is 43.6. The number of hydrogen-bond acceptors (Lipinski definition) is 8. The van der Waals surface area contributed by atoms with Gasteiger partial charge in [0.2, 0.25) is 5.91 Å². The Kier molecular flexibility index (Phi) is 41.2. The third kappa shape index (κ3) is 33.2. The molecule has 0 spiro atoms. The highest BCUT2D eigenvalue weighted by molar-refractivity contribution is 5.76. The summed E-state index contributed by atoms with van der Waals surface area (Å²) < 4.78 is 11.2. The van der Waals surface area contributed by atoms with Gasteiger partial charge in [-0.2, -0.15) is 0 Å². The van der Waals surface area contributed by atoms with Crippen LogP contribution in [0.4, 0.5) is 0 Å². The van der Waals surface area contributed by atoms with Crippen LogP contribution in [-0.4, -0.2) is 87.5 Å². The summed E-state index contributed by atoms with van der Waals surface area (Å²) in [5.41, 5.74) is 0. The smallest absolute Gasteiger partial charge is 0.220 e. The minimum absolute atomic E-state index is 0.183. The fourth-order valence-corrected chi connectivity index (χ4v) is 8.53. The predicted molar refractivity (Wildman–Crippen MR) is 258 cm³/mol. The van der Waals surface area contributed by atoms with Crippen LogP contribution in [0.2, 0.25) is 0 Å². The Labute approximate surface area is 381 Å². The lowest BCUT2D eigenvalue weighted by Crippen LogP contribution is -2.60. The summed E-state index contributed by atoms with van der Waals surface area (Å²) in [6.07, 6.45) is 46.6. The molecule has 1 heterocycles. The normalized spacial score (nSPS) is 20.4. The Hall–Kier alpha value is -1.33. The molecule has 0 bridgehead atoms. The van der Waals surface area contributed by atoms with E-state index in [0.29, 0.717) is 6.42 Å². The molecule has 1 rings (SSSR count). The van der Waals surface area contributed by atoms with Gasteiger partial charge in [0.15, 0.2) is 6.29 Å². The van der Waals surface area contributed by atoms with Gasteiger partial charge in [0.25, 0.3) is 0 Å². The molecule has 366 valence electrons. The average molecular weight is 880 g/mol. The van der Waals surface area contributed by atoms with Crippen molar-refractivity contribution in [3.05, 3.63) is 24.3 Å². The van der Waals surface area contributed by atoms with Crippen molar-refractivity contribution in [2.45, 2.75) is 294 Å². The highest BCUT2D eigenvalue weighted by Crippen LogP contribution is 2.23. The highest BCUT2D eigenvalue weighted by atomic mass is 16.7. The molecule has 0 radical (unpaired) electrons. The van der Waals surface area contributed by atoms with E-state index in [-0.39, 0.29) is 12.5 Å². The van der Waals surface area contributed by atoms with Crippen molar-refractivity contribution in [3.63, 3.8) is 0 Å². The van der Waals surface area contributed by atoms with E-state index in [2.05, 4.69) is 31.3 Å². The zero-order valence-electron chi connectivity index (χ0n) is 40.4. The fraction of sp³-hybridized carbons (Fsp3) is 0.906. The third-order valence-corrected chi connectivity index (χ3v) is 12.8. The molecule has 0 saturated carbocycles. The summed E-state index contributed by atoms with van der Waals surface area (Å²) in [6, 6.07) is -0.817. The van der Waals surface area contributed by atoms with E-state index >= 15 is 0 Å². The summed E-state index contributed by atoms with van der Waals surface area (Å²) >= 11 is 0. The average Bonchev–Trinajstić information content (AvgIpc) is 3.27. The Morgan fingerprint density at radius 1 is 0.532 bits per heavy atom. The number of ether oxygens (including phenoxy) is 2. The van der Waals surface area contributed by atoms with Crippen LogP contribution < -0.4 is 5.32 Å². The minimum Gasteiger partial charge on any atom is -0.394 e. The van der Waals surface area contributed by atoms with Gasteiger partial charge >= 0.3 is 0 Å². The molecule has 1 amide bonds. The third-order valence-electron chi connectivity index (χ3n) is 12.8. The van der Waals surface area contributed by atoms with Crippen LogP contribution in [0.1, 0.15) is 251 Å². The lowest BCUT2D eigenvalue weighted by molar-refractivity contribution is -0.302. The molecule has 1 aliphatic heterocycles. The molecule has 1 aliphatic rings. The molecule has 7 atom stereocenters. The maximum atomic E-state index is 13.0. The zero-order valence-corrected chi connectivity index (χ0v) is 40.4. The van der Waals surface area contributed by atoms with Gasteiger partial charge in [-0.3, -0.25) is 4.79 Å². The topological polar surface area (TPSA) is 149 Å². The van der Waals surface area contributed by atoms with E-state index in [0.717, 1.165) is 38.5 Å². The molecular weight excluding hydrogens is 779 g/mol. The number of aliphatic hydroxyl groups is 5. The predicted octanol–water partition coefficient (Wildman–Crippen LogP) is 12.2. The van der Waals surface area contributed by atoms with E-state index in [4.69, 9.17) is 9.47 Å². The summed E-state index contributed by atoms with van der Waals surface area (Å²) in [5, 5.41) is 54.3. The van der Waals surface area contributed by atoms with Gasteiger partial charge < -0.3 is 40.3 Å². The molecular formula is C53H101NO8. The van der Waals surface area contributed by atoms with E-state index in [1.165, 1.54) is 193 Å². The molecule has 7 unspecified atom stereocenters. The summed E-state index contributed by atoms with van der Waals surface area (Å²) in [7, 11) is 0. The van der Waals surface area contributed by atoms with Crippen molar-refractivity contribution < 1.29 is 39.8 Å². The van der Waals surface area contributed by atoms with E-state index in [1.54, 1.807) is 6.08 Å². The Morgan fingerprint density at radius 2 is 0.919 bits per heavy atom. The number of hydrogen-bond donors (Lipinski definition) is 6. The number of allylic oxidation sites excluding steroid dienone is 3. The number of unbranched alkanes of at least 4 members (excludes halogenated alkanes) is 33. The summed E-state index contributed by atoms with van der Waals surface area (Å²) in [4.78, 5) is 13.0. The minimum atomic E-state index is -1.57. The quantitative estimate of drug-likeness (QED) is 0.0262. The van der Waals surface area contributed by atoms with Crippen LogP contribution in [0, 0.1) is 0 Å². The van der Waals surface area contributed by atoms with Gasteiger partial charge in [-0.25, -0.2) is 0 Å². The highest BCUT2D eigenvalue weighted by Gasteiger charge is 2.44. The van der Waals surface area contributed by atoms with Crippen LogP contribution in [0.25, 0.3) is 0 Å². The summed E-state index contributed by atoms with van der Waals surface area (Å²) in [5.74, 6) is -0.183. The first-order valence-corrected chi connectivity index (χ1v) is 26.6. The van der Waals surface area contributed by atoms with Gasteiger partial charge in [-0.05, 0) is 32.1 Å². The number of rotatable bonds is 45. The molecule has 0 aliphatic carbocycles.